The predicted molar refractivity (Wildman–Crippen MR) is 82.9 cm³/mol. The van der Waals surface area contributed by atoms with Gasteiger partial charge in [0.1, 0.15) is 5.82 Å². The average Bonchev–Trinajstić information content (AvgIpc) is 2.45. The Bertz CT molecular complexity index is 557. The number of rotatable bonds is 5. The predicted octanol–water partition coefficient (Wildman–Crippen LogP) is 4.79. The summed E-state index contributed by atoms with van der Waals surface area (Å²) in [5.74, 6) is -0.298. The quantitative estimate of drug-likeness (QED) is 0.849. The highest BCUT2D eigenvalue weighted by atomic mass is 79.9. The first-order valence-corrected chi connectivity index (χ1v) is 7.51. The standard InChI is InChI=1S/C16H18BrFN2/c1-3-16(12-4-6-14(17)7-5-12)20-11(2)13-8-15(18)10-19-9-13/h4-11,16,20H,3H2,1-2H3. The molecule has 1 N–H and O–H groups in total. The summed E-state index contributed by atoms with van der Waals surface area (Å²) in [5, 5.41) is 3.52. The molecule has 0 fully saturated rings. The summed E-state index contributed by atoms with van der Waals surface area (Å²) in [6, 6.07) is 10.1. The molecule has 0 aliphatic rings. The van der Waals surface area contributed by atoms with Gasteiger partial charge >= 0.3 is 0 Å². The van der Waals surface area contributed by atoms with Crippen molar-refractivity contribution in [3.8, 4) is 0 Å². The normalized spacial score (nSPS) is 14.0. The first-order valence-electron chi connectivity index (χ1n) is 6.72. The van der Waals surface area contributed by atoms with E-state index < -0.39 is 0 Å². The van der Waals surface area contributed by atoms with Crippen LogP contribution in [0.1, 0.15) is 43.5 Å². The second-order valence-electron chi connectivity index (χ2n) is 4.84. The topological polar surface area (TPSA) is 24.9 Å². The molecule has 2 unspecified atom stereocenters. The van der Waals surface area contributed by atoms with Gasteiger partial charge in [0.25, 0.3) is 0 Å². The number of benzene rings is 1. The molecule has 0 radical (unpaired) electrons. The van der Waals surface area contributed by atoms with Crippen LogP contribution in [0.3, 0.4) is 0 Å². The molecular formula is C16H18BrFN2. The van der Waals surface area contributed by atoms with Crippen LogP contribution in [0.5, 0.6) is 0 Å². The molecular weight excluding hydrogens is 319 g/mol. The second-order valence-corrected chi connectivity index (χ2v) is 5.75. The third-order valence-electron chi connectivity index (χ3n) is 3.36. The third-order valence-corrected chi connectivity index (χ3v) is 3.89. The number of nitrogens with zero attached hydrogens (tertiary/aromatic N) is 1. The number of nitrogens with one attached hydrogen (secondary N) is 1. The SMILES string of the molecule is CCC(NC(C)c1cncc(F)c1)c1ccc(Br)cc1. The molecule has 0 aliphatic heterocycles. The molecule has 1 aromatic carbocycles. The maximum absolute atomic E-state index is 13.2. The summed E-state index contributed by atoms with van der Waals surface area (Å²) in [7, 11) is 0. The lowest BCUT2D eigenvalue weighted by Gasteiger charge is -2.23. The van der Waals surface area contributed by atoms with E-state index in [9.17, 15) is 4.39 Å². The zero-order valence-corrected chi connectivity index (χ0v) is 13.2. The van der Waals surface area contributed by atoms with Gasteiger partial charge in [0.15, 0.2) is 0 Å². The Morgan fingerprint density at radius 1 is 1.20 bits per heavy atom. The average molecular weight is 337 g/mol. The molecule has 1 heterocycles. The molecule has 2 nitrogen and oxygen atoms in total. The van der Waals surface area contributed by atoms with E-state index in [1.807, 2.05) is 19.1 Å². The van der Waals surface area contributed by atoms with Crippen LogP contribution >= 0.6 is 15.9 Å². The Labute approximate surface area is 127 Å². The molecule has 4 heteroatoms. The minimum atomic E-state index is -0.298. The van der Waals surface area contributed by atoms with Gasteiger partial charge in [-0.2, -0.15) is 0 Å². The van der Waals surface area contributed by atoms with E-state index in [0.29, 0.717) is 0 Å². The lowest BCUT2D eigenvalue weighted by molar-refractivity contribution is 0.453. The van der Waals surface area contributed by atoms with Crippen molar-refractivity contribution in [1.29, 1.82) is 0 Å². The first-order chi connectivity index (χ1) is 9.60. The summed E-state index contributed by atoms with van der Waals surface area (Å²) in [6.07, 6.45) is 3.89. The molecule has 2 atom stereocenters. The van der Waals surface area contributed by atoms with Crippen molar-refractivity contribution in [1.82, 2.24) is 10.3 Å². The lowest BCUT2D eigenvalue weighted by Crippen LogP contribution is -2.24. The van der Waals surface area contributed by atoms with E-state index in [0.717, 1.165) is 16.5 Å². The highest BCUT2D eigenvalue weighted by molar-refractivity contribution is 9.10. The number of aromatic nitrogens is 1. The number of pyridine rings is 1. The van der Waals surface area contributed by atoms with Crippen LogP contribution in [0.4, 0.5) is 4.39 Å². The molecule has 0 aliphatic carbocycles. The van der Waals surface area contributed by atoms with Crippen molar-refractivity contribution in [3.63, 3.8) is 0 Å². The van der Waals surface area contributed by atoms with Crippen LogP contribution in [0, 0.1) is 5.82 Å². The minimum absolute atomic E-state index is 0.0480. The molecule has 0 saturated heterocycles. The van der Waals surface area contributed by atoms with E-state index in [1.54, 1.807) is 6.20 Å². The van der Waals surface area contributed by atoms with Gasteiger partial charge in [-0.25, -0.2) is 4.39 Å². The fourth-order valence-electron chi connectivity index (χ4n) is 2.21. The van der Waals surface area contributed by atoms with Crippen LogP contribution in [-0.2, 0) is 0 Å². The Morgan fingerprint density at radius 3 is 2.50 bits per heavy atom. The van der Waals surface area contributed by atoms with Crippen LogP contribution in [0.15, 0.2) is 47.2 Å². The van der Waals surface area contributed by atoms with Crippen molar-refractivity contribution in [2.75, 3.05) is 0 Å². The zero-order chi connectivity index (χ0) is 14.5. The summed E-state index contributed by atoms with van der Waals surface area (Å²) >= 11 is 3.44. The van der Waals surface area contributed by atoms with Crippen molar-refractivity contribution in [2.24, 2.45) is 0 Å². The Balaban J connectivity index is 2.11. The molecule has 0 bridgehead atoms. The Kier molecular flexibility index (Phi) is 5.26. The molecule has 106 valence electrons. The molecule has 0 spiro atoms. The van der Waals surface area contributed by atoms with Crippen LogP contribution in [0.2, 0.25) is 0 Å². The molecule has 0 amide bonds. The van der Waals surface area contributed by atoms with Gasteiger partial charge in [-0.05, 0) is 42.7 Å². The Hall–Kier alpha value is -1.26. The summed E-state index contributed by atoms with van der Waals surface area (Å²) in [5.41, 5.74) is 2.09. The van der Waals surface area contributed by atoms with E-state index in [4.69, 9.17) is 0 Å². The first kappa shape index (κ1) is 15.1. The highest BCUT2D eigenvalue weighted by Crippen LogP contribution is 2.23. The maximum atomic E-state index is 13.2. The van der Waals surface area contributed by atoms with Gasteiger partial charge in [-0.3, -0.25) is 4.98 Å². The van der Waals surface area contributed by atoms with Gasteiger partial charge in [0, 0.05) is 22.8 Å². The minimum Gasteiger partial charge on any atom is -0.303 e. The van der Waals surface area contributed by atoms with Gasteiger partial charge in [-0.15, -0.1) is 0 Å². The smallest absolute Gasteiger partial charge is 0.141 e. The lowest BCUT2D eigenvalue weighted by atomic mass is 10.0. The van der Waals surface area contributed by atoms with Crippen molar-refractivity contribution < 1.29 is 4.39 Å². The molecule has 1 aromatic heterocycles. The van der Waals surface area contributed by atoms with Crippen LogP contribution < -0.4 is 5.32 Å². The second kappa shape index (κ2) is 6.95. The molecule has 20 heavy (non-hydrogen) atoms. The zero-order valence-electron chi connectivity index (χ0n) is 11.6. The molecule has 0 saturated carbocycles. The van der Waals surface area contributed by atoms with Gasteiger partial charge in [0.2, 0.25) is 0 Å². The van der Waals surface area contributed by atoms with Gasteiger partial charge in [-0.1, -0.05) is 35.0 Å². The van der Waals surface area contributed by atoms with Gasteiger partial charge in [0.05, 0.1) is 6.20 Å². The third kappa shape index (κ3) is 3.87. The summed E-state index contributed by atoms with van der Waals surface area (Å²) in [6.45, 7) is 4.16. The Morgan fingerprint density at radius 2 is 1.90 bits per heavy atom. The van der Waals surface area contributed by atoms with Crippen molar-refractivity contribution >= 4 is 15.9 Å². The number of hydrogen-bond donors (Lipinski definition) is 1. The van der Waals surface area contributed by atoms with E-state index in [2.05, 4.69) is 45.3 Å². The maximum Gasteiger partial charge on any atom is 0.141 e. The summed E-state index contributed by atoms with van der Waals surface area (Å²) < 4.78 is 14.3. The van der Waals surface area contributed by atoms with E-state index >= 15 is 0 Å². The van der Waals surface area contributed by atoms with E-state index in [-0.39, 0.29) is 17.9 Å². The highest BCUT2D eigenvalue weighted by Gasteiger charge is 2.14. The largest absolute Gasteiger partial charge is 0.303 e. The fraction of sp³-hybridized carbons (Fsp3) is 0.312. The van der Waals surface area contributed by atoms with E-state index in [1.165, 1.54) is 17.8 Å². The summed E-state index contributed by atoms with van der Waals surface area (Å²) in [4.78, 5) is 3.90. The van der Waals surface area contributed by atoms with Crippen molar-refractivity contribution in [3.05, 3.63) is 64.1 Å². The number of halogens is 2. The van der Waals surface area contributed by atoms with Crippen LogP contribution in [0.25, 0.3) is 0 Å². The fourth-order valence-corrected chi connectivity index (χ4v) is 2.47. The molecule has 2 rings (SSSR count). The molecule has 2 aromatic rings. The van der Waals surface area contributed by atoms with Gasteiger partial charge < -0.3 is 5.32 Å². The number of hydrogen-bond acceptors (Lipinski definition) is 2. The van der Waals surface area contributed by atoms with Crippen LogP contribution in [-0.4, -0.2) is 4.98 Å². The van der Waals surface area contributed by atoms with Crippen molar-refractivity contribution in [2.45, 2.75) is 32.4 Å². The monoisotopic (exact) mass is 336 g/mol.